The van der Waals surface area contributed by atoms with Gasteiger partial charge >= 0.3 is 0 Å². The topological polar surface area (TPSA) is 58.2 Å². The van der Waals surface area contributed by atoms with Gasteiger partial charge in [0.25, 0.3) is 5.56 Å². The number of aromatic nitrogens is 2. The molecule has 25 heavy (non-hydrogen) atoms. The van der Waals surface area contributed by atoms with Gasteiger partial charge in [-0.2, -0.15) is 0 Å². The monoisotopic (exact) mass is 341 g/mol. The molecule has 0 fully saturated rings. The summed E-state index contributed by atoms with van der Waals surface area (Å²) < 4.78 is 5.57. The van der Waals surface area contributed by atoms with Crippen molar-refractivity contribution in [2.45, 2.75) is 52.6 Å². The average Bonchev–Trinajstić information content (AvgIpc) is 2.55. The first kappa shape index (κ1) is 17.7. The zero-order valence-corrected chi connectivity index (χ0v) is 15.6. The lowest BCUT2D eigenvalue weighted by Gasteiger charge is -2.29. The number of nitrogens with zero attached hydrogens (tertiary/aromatic N) is 2. The Kier molecular flexibility index (Phi) is 4.95. The second-order valence-corrected chi connectivity index (χ2v) is 7.63. The predicted octanol–water partition coefficient (Wildman–Crippen LogP) is 3.02. The quantitative estimate of drug-likeness (QED) is 0.929. The molecule has 1 N–H and O–H groups in total. The molecule has 1 aromatic carbocycles. The van der Waals surface area contributed by atoms with E-state index in [1.165, 1.54) is 5.56 Å². The second-order valence-electron chi connectivity index (χ2n) is 7.63. The normalized spacial score (nSPS) is 15.0. The van der Waals surface area contributed by atoms with Crippen LogP contribution in [0, 0.1) is 0 Å². The van der Waals surface area contributed by atoms with Crippen molar-refractivity contribution < 1.29 is 4.74 Å². The number of hydrogen-bond donors (Lipinski definition) is 1. The van der Waals surface area contributed by atoms with Crippen molar-refractivity contribution in [3.63, 3.8) is 0 Å². The molecule has 0 bridgehead atoms. The zero-order chi connectivity index (χ0) is 18.0. The van der Waals surface area contributed by atoms with Gasteiger partial charge in [0.1, 0.15) is 11.6 Å². The van der Waals surface area contributed by atoms with Gasteiger partial charge in [0.2, 0.25) is 0 Å². The maximum atomic E-state index is 12.5. The molecule has 5 heteroatoms. The molecular weight excluding hydrogens is 314 g/mol. The number of hydrogen-bond acceptors (Lipinski definition) is 4. The zero-order valence-electron chi connectivity index (χ0n) is 15.6. The van der Waals surface area contributed by atoms with E-state index in [9.17, 15) is 4.79 Å². The molecule has 3 rings (SSSR count). The largest absolute Gasteiger partial charge is 0.494 e. The summed E-state index contributed by atoms with van der Waals surface area (Å²) in [5.41, 5.74) is 2.81. The molecule has 2 heterocycles. The van der Waals surface area contributed by atoms with Gasteiger partial charge in [-0.25, -0.2) is 4.98 Å². The number of benzene rings is 1. The summed E-state index contributed by atoms with van der Waals surface area (Å²) in [6, 6.07) is 8.16. The molecule has 1 aliphatic heterocycles. The van der Waals surface area contributed by atoms with Crippen molar-refractivity contribution in [3.05, 3.63) is 57.3 Å². The number of aromatic amines is 1. The third kappa shape index (κ3) is 4.10. The fraction of sp³-hybridized carbons (Fsp3) is 0.500. The fourth-order valence-corrected chi connectivity index (χ4v) is 3.13. The van der Waals surface area contributed by atoms with Gasteiger partial charge in [-0.1, -0.05) is 32.9 Å². The number of nitrogens with one attached hydrogen (secondary N) is 1. The lowest BCUT2D eigenvalue weighted by molar-refractivity contribution is 0.240. The summed E-state index contributed by atoms with van der Waals surface area (Å²) >= 11 is 0. The van der Waals surface area contributed by atoms with Crippen molar-refractivity contribution in [2.24, 2.45) is 0 Å². The van der Waals surface area contributed by atoms with E-state index >= 15 is 0 Å². The van der Waals surface area contributed by atoms with Crippen LogP contribution in [-0.2, 0) is 24.9 Å². The first-order valence-electron chi connectivity index (χ1n) is 8.93. The first-order chi connectivity index (χ1) is 11.9. The highest BCUT2D eigenvalue weighted by Gasteiger charge is 2.24. The summed E-state index contributed by atoms with van der Waals surface area (Å²) in [5, 5.41) is 0. The Morgan fingerprint density at radius 3 is 2.84 bits per heavy atom. The summed E-state index contributed by atoms with van der Waals surface area (Å²) in [6.45, 7) is 11.2. The summed E-state index contributed by atoms with van der Waals surface area (Å²) in [7, 11) is 0. The Hall–Kier alpha value is -2.14. The van der Waals surface area contributed by atoms with Crippen LogP contribution in [0.2, 0.25) is 0 Å². The van der Waals surface area contributed by atoms with E-state index in [2.05, 4.69) is 42.8 Å². The van der Waals surface area contributed by atoms with E-state index in [0.717, 1.165) is 42.3 Å². The average molecular weight is 341 g/mol. The summed E-state index contributed by atoms with van der Waals surface area (Å²) in [6.07, 6.45) is 0.813. The molecule has 0 aliphatic carbocycles. The third-order valence-electron chi connectivity index (χ3n) is 4.47. The Morgan fingerprint density at radius 2 is 2.12 bits per heavy atom. The Balaban J connectivity index is 1.78. The maximum Gasteiger partial charge on any atom is 0.255 e. The molecule has 0 saturated carbocycles. The van der Waals surface area contributed by atoms with E-state index in [4.69, 9.17) is 9.72 Å². The van der Waals surface area contributed by atoms with Crippen molar-refractivity contribution in [1.82, 2.24) is 14.9 Å². The van der Waals surface area contributed by atoms with Gasteiger partial charge < -0.3 is 9.72 Å². The Bertz CT molecular complexity index is 805. The van der Waals surface area contributed by atoms with Gasteiger partial charge in [0.05, 0.1) is 17.9 Å². The molecule has 0 spiro atoms. The summed E-state index contributed by atoms with van der Waals surface area (Å²) in [5.74, 6) is 1.67. The van der Waals surface area contributed by atoms with Crippen LogP contribution < -0.4 is 10.3 Å². The van der Waals surface area contributed by atoms with E-state index in [1.807, 2.05) is 19.1 Å². The maximum absolute atomic E-state index is 12.5. The standard InChI is InChI=1S/C20H27N3O2/c1-5-25-15-8-6-7-14(11-15)12-23-10-9-17-16(13-23)18(24)22-19(21-17)20(2,3)4/h6-8,11H,5,9-10,12-13H2,1-4H3,(H,21,22,24). The molecule has 1 aromatic heterocycles. The van der Waals surface area contributed by atoms with Crippen LogP contribution >= 0.6 is 0 Å². The van der Waals surface area contributed by atoms with Crippen molar-refractivity contribution in [1.29, 1.82) is 0 Å². The van der Waals surface area contributed by atoms with Crippen LogP contribution in [0.4, 0.5) is 0 Å². The van der Waals surface area contributed by atoms with Crippen molar-refractivity contribution in [3.8, 4) is 5.75 Å². The molecular formula is C20H27N3O2. The minimum atomic E-state index is -0.148. The first-order valence-corrected chi connectivity index (χ1v) is 8.93. The van der Waals surface area contributed by atoms with Crippen LogP contribution in [0.1, 0.15) is 50.3 Å². The molecule has 0 radical (unpaired) electrons. The molecule has 1 aliphatic rings. The Morgan fingerprint density at radius 1 is 1.32 bits per heavy atom. The SMILES string of the molecule is CCOc1cccc(CN2CCc3nc(C(C)(C)C)[nH]c(=O)c3C2)c1. The van der Waals surface area contributed by atoms with E-state index in [1.54, 1.807) is 0 Å². The molecule has 0 amide bonds. The smallest absolute Gasteiger partial charge is 0.255 e. The molecule has 134 valence electrons. The van der Waals surface area contributed by atoms with Gasteiger partial charge in [-0.3, -0.25) is 9.69 Å². The van der Waals surface area contributed by atoms with Gasteiger partial charge in [0.15, 0.2) is 0 Å². The van der Waals surface area contributed by atoms with Crippen LogP contribution in [0.25, 0.3) is 0 Å². The van der Waals surface area contributed by atoms with Gasteiger partial charge in [0, 0.05) is 31.5 Å². The van der Waals surface area contributed by atoms with Gasteiger partial charge in [-0.15, -0.1) is 0 Å². The highest BCUT2D eigenvalue weighted by atomic mass is 16.5. The van der Waals surface area contributed by atoms with E-state index < -0.39 is 0 Å². The van der Waals surface area contributed by atoms with Gasteiger partial charge in [-0.05, 0) is 24.6 Å². The molecule has 0 saturated heterocycles. The lowest BCUT2D eigenvalue weighted by Crippen LogP contribution is -2.37. The highest BCUT2D eigenvalue weighted by Crippen LogP contribution is 2.22. The van der Waals surface area contributed by atoms with Crippen LogP contribution in [0.5, 0.6) is 5.75 Å². The highest BCUT2D eigenvalue weighted by molar-refractivity contribution is 5.29. The molecule has 2 aromatic rings. The van der Waals surface area contributed by atoms with Crippen molar-refractivity contribution >= 4 is 0 Å². The summed E-state index contributed by atoms with van der Waals surface area (Å²) in [4.78, 5) is 22.5. The van der Waals surface area contributed by atoms with Crippen molar-refractivity contribution in [2.75, 3.05) is 13.2 Å². The number of rotatable bonds is 4. The predicted molar refractivity (Wildman–Crippen MR) is 99.0 cm³/mol. The van der Waals surface area contributed by atoms with E-state index in [0.29, 0.717) is 13.2 Å². The Labute approximate surface area is 149 Å². The second kappa shape index (κ2) is 7.00. The molecule has 0 unspecified atom stereocenters. The third-order valence-corrected chi connectivity index (χ3v) is 4.47. The number of fused-ring (bicyclic) bond motifs is 1. The van der Waals surface area contributed by atoms with E-state index in [-0.39, 0.29) is 11.0 Å². The van der Waals surface area contributed by atoms with Crippen LogP contribution in [0.3, 0.4) is 0 Å². The molecule has 0 atom stereocenters. The van der Waals surface area contributed by atoms with Crippen LogP contribution in [-0.4, -0.2) is 28.0 Å². The number of ether oxygens (including phenoxy) is 1. The van der Waals surface area contributed by atoms with Crippen LogP contribution in [0.15, 0.2) is 29.1 Å². The minimum absolute atomic E-state index is 0.00249. The minimum Gasteiger partial charge on any atom is -0.494 e. The number of H-pyrrole nitrogens is 1. The molecule has 5 nitrogen and oxygen atoms in total. The lowest BCUT2D eigenvalue weighted by atomic mass is 9.95. The fourth-order valence-electron chi connectivity index (χ4n) is 3.13.